The Balaban J connectivity index is 1.87. The van der Waals surface area contributed by atoms with E-state index >= 15 is 0 Å². The second-order valence-electron chi connectivity index (χ2n) is 5.07. The van der Waals surface area contributed by atoms with Crippen LogP contribution >= 0.6 is 0 Å². The summed E-state index contributed by atoms with van der Waals surface area (Å²) in [6, 6.07) is 5.71. The SMILES string of the molecule is CCCC(=O)Nc1ccc2ncn(Cc3cnccn3)c2c1. The fourth-order valence-electron chi connectivity index (χ4n) is 2.30. The number of nitrogens with zero attached hydrogens (tertiary/aromatic N) is 4. The fraction of sp³-hybridized carbons (Fsp3) is 0.250. The van der Waals surface area contributed by atoms with Crippen LogP contribution in [0.1, 0.15) is 25.5 Å². The van der Waals surface area contributed by atoms with Crippen molar-refractivity contribution in [3.8, 4) is 0 Å². The van der Waals surface area contributed by atoms with Crippen LogP contribution in [-0.4, -0.2) is 25.4 Å². The lowest BCUT2D eigenvalue weighted by Crippen LogP contribution is -2.10. The number of carbonyl (C=O) groups is 1. The number of benzene rings is 1. The Labute approximate surface area is 128 Å². The number of imidazole rings is 1. The molecule has 0 aliphatic heterocycles. The number of anilines is 1. The van der Waals surface area contributed by atoms with E-state index < -0.39 is 0 Å². The Morgan fingerprint density at radius 3 is 2.95 bits per heavy atom. The molecule has 0 aliphatic rings. The molecule has 0 saturated carbocycles. The molecule has 0 bridgehead atoms. The van der Waals surface area contributed by atoms with Gasteiger partial charge < -0.3 is 9.88 Å². The quantitative estimate of drug-likeness (QED) is 0.785. The Bertz CT molecular complexity index is 782. The van der Waals surface area contributed by atoms with Crippen LogP contribution in [0.25, 0.3) is 11.0 Å². The van der Waals surface area contributed by atoms with E-state index in [1.807, 2.05) is 29.7 Å². The van der Waals surface area contributed by atoms with Gasteiger partial charge in [-0.3, -0.25) is 14.8 Å². The van der Waals surface area contributed by atoms with Gasteiger partial charge in [0, 0.05) is 24.5 Å². The van der Waals surface area contributed by atoms with Gasteiger partial charge in [-0.15, -0.1) is 0 Å². The van der Waals surface area contributed by atoms with Crippen molar-refractivity contribution in [3.05, 3.63) is 48.8 Å². The molecule has 3 rings (SSSR count). The lowest BCUT2D eigenvalue weighted by atomic mass is 10.2. The molecule has 0 atom stereocenters. The average Bonchev–Trinajstić information content (AvgIpc) is 2.91. The number of aromatic nitrogens is 4. The van der Waals surface area contributed by atoms with E-state index in [0.29, 0.717) is 13.0 Å². The smallest absolute Gasteiger partial charge is 0.224 e. The van der Waals surface area contributed by atoms with Crippen LogP contribution in [0.4, 0.5) is 5.69 Å². The first-order valence-electron chi connectivity index (χ1n) is 7.26. The predicted molar refractivity (Wildman–Crippen MR) is 84.4 cm³/mol. The van der Waals surface area contributed by atoms with Gasteiger partial charge in [0.2, 0.25) is 5.91 Å². The number of carbonyl (C=O) groups excluding carboxylic acids is 1. The molecule has 1 aromatic carbocycles. The van der Waals surface area contributed by atoms with Crippen LogP contribution in [-0.2, 0) is 11.3 Å². The second kappa shape index (κ2) is 6.34. The molecule has 0 spiro atoms. The average molecular weight is 295 g/mol. The molecule has 1 amide bonds. The van der Waals surface area contributed by atoms with Gasteiger partial charge in [0.15, 0.2) is 0 Å². The standard InChI is InChI=1S/C16H17N5O/c1-2-3-16(22)20-12-4-5-14-15(8-12)21(11-19-14)10-13-9-17-6-7-18-13/h4-9,11H,2-3,10H2,1H3,(H,20,22). The van der Waals surface area contributed by atoms with Gasteiger partial charge in [0.05, 0.1) is 35.8 Å². The monoisotopic (exact) mass is 295 g/mol. The molecular formula is C16H17N5O. The van der Waals surface area contributed by atoms with E-state index in [1.54, 1.807) is 24.9 Å². The summed E-state index contributed by atoms with van der Waals surface area (Å²) < 4.78 is 1.99. The molecule has 1 N–H and O–H groups in total. The predicted octanol–water partition coefficient (Wildman–Crippen LogP) is 2.61. The van der Waals surface area contributed by atoms with Crippen molar-refractivity contribution in [2.45, 2.75) is 26.3 Å². The molecule has 0 saturated heterocycles. The Morgan fingerprint density at radius 1 is 1.27 bits per heavy atom. The van der Waals surface area contributed by atoms with Crippen molar-refractivity contribution >= 4 is 22.6 Å². The third-order valence-electron chi connectivity index (χ3n) is 3.33. The van der Waals surface area contributed by atoms with Crippen molar-refractivity contribution in [2.24, 2.45) is 0 Å². The molecule has 2 heterocycles. The molecule has 0 unspecified atom stereocenters. The first-order valence-corrected chi connectivity index (χ1v) is 7.26. The molecule has 2 aromatic heterocycles. The second-order valence-corrected chi connectivity index (χ2v) is 5.07. The molecule has 3 aromatic rings. The van der Waals surface area contributed by atoms with Gasteiger partial charge in [-0.2, -0.15) is 0 Å². The molecule has 6 heteroatoms. The number of rotatable bonds is 5. The van der Waals surface area contributed by atoms with Gasteiger partial charge in [-0.25, -0.2) is 4.98 Å². The van der Waals surface area contributed by atoms with Gasteiger partial charge in [-0.05, 0) is 24.6 Å². The van der Waals surface area contributed by atoms with Crippen LogP contribution in [0.3, 0.4) is 0 Å². The minimum absolute atomic E-state index is 0.0295. The molecule has 112 valence electrons. The Kier molecular flexibility index (Phi) is 4.09. The summed E-state index contributed by atoms with van der Waals surface area (Å²) in [5.41, 5.74) is 3.49. The number of hydrogen-bond acceptors (Lipinski definition) is 4. The summed E-state index contributed by atoms with van der Waals surface area (Å²) in [6.07, 6.45) is 8.19. The number of fused-ring (bicyclic) bond motifs is 1. The highest BCUT2D eigenvalue weighted by molar-refractivity contribution is 5.93. The van der Waals surface area contributed by atoms with Gasteiger partial charge in [0.25, 0.3) is 0 Å². The summed E-state index contributed by atoms with van der Waals surface area (Å²) in [4.78, 5) is 24.4. The Morgan fingerprint density at radius 2 is 2.18 bits per heavy atom. The normalized spacial score (nSPS) is 10.8. The summed E-state index contributed by atoms with van der Waals surface area (Å²) in [5, 5.41) is 2.91. The first-order chi connectivity index (χ1) is 10.8. The Hall–Kier alpha value is -2.76. The lowest BCUT2D eigenvalue weighted by molar-refractivity contribution is -0.116. The number of amides is 1. The molecular weight excluding hydrogens is 278 g/mol. The minimum atomic E-state index is 0.0295. The van der Waals surface area contributed by atoms with Crippen molar-refractivity contribution in [3.63, 3.8) is 0 Å². The van der Waals surface area contributed by atoms with Crippen molar-refractivity contribution in [2.75, 3.05) is 5.32 Å². The zero-order valence-electron chi connectivity index (χ0n) is 12.4. The summed E-state index contributed by atoms with van der Waals surface area (Å²) >= 11 is 0. The topological polar surface area (TPSA) is 72.7 Å². The van der Waals surface area contributed by atoms with E-state index in [4.69, 9.17) is 0 Å². The maximum atomic E-state index is 11.7. The minimum Gasteiger partial charge on any atom is -0.326 e. The number of nitrogens with one attached hydrogen (secondary N) is 1. The third-order valence-corrected chi connectivity index (χ3v) is 3.33. The highest BCUT2D eigenvalue weighted by atomic mass is 16.1. The van der Waals surface area contributed by atoms with E-state index in [-0.39, 0.29) is 5.91 Å². The van der Waals surface area contributed by atoms with Gasteiger partial charge in [-0.1, -0.05) is 6.92 Å². The first kappa shape index (κ1) is 14.2. The molecule has 0 aliphatic carbocycles. The third kappa shape index (κ3) is 3.11. The van der Waals surface area contributed by atoms with Crippen LogP contribution in [0, 0.1) is 0 Å². The van der Waals surface area contributed by atoms with Crippen LogP contribution in [0.15, 0.2) is 43.1 Å². The van der Waals surface area contributed by atoms with E-state index in [9.17, 15) is 4.79 Å². The number of hydrogen-bond donors (Lipinski definition) is 1. The maximum Gasteiger partial charge on any atom is 0.224 e. The molecule has 0 radical (unpaired) electrons. The van der Waals surface area contributed by atoms with Crippen LogP contribution in [0.2, 0.25) is 0 Å². The highest BCUT2D eigenvalue weighted by Gasteiger charge is 2.07. The van der Waals surface area contributed by atoms with Crippen molar-refractivity contribution in [1.29, 1.82) is 0 Å². The largest absolute Gasteiger partial charge is 0.326 e. The summed E-state index contributed by atoms with van der Waals surface area (Å²) in [7, 11) is 0. The van der Waals surface area contributed by atoms with Gasteiger partial charge in [0.1, 0.15) is 0 Å². The lowest BCUT2D eigenvalue weighted by Gasteiger charge is -2.07. The molecule has 0 fully saturated rings. The summed E-state index contributed by atoms with van der Waals surface area (Å²) in [6.45, 7) is 2.58. The highest BCUT2D eigenvalue weighted by Crippen LogP contribution is 2.19. The zero-order valence-corrected chi connectivity index (χ0v) is 12.4. The van der Waals surface area contributed by atoms with Gasteiger partial charge >= 0.3 is 0 Å². The van der Waals surface area contributed by atoms with E-state index in [1.165, 1.54) is 0 Å². The van der Waals surface area contributed by atoms with Crippen molar-refractivity contribution < 1.29 is 4.79 Å². The maximum absolute atomic E-state index is 11.7. The zero-order chi connectivity index (χ0) is 15.4. The fourth-order valence-corrected chi connectivity index (χ4v) is 2.30. The van der Waals surface area contributed by atoms with Crippen LogP contribution < -0.4 is 5.32 Å². The van der Waals surface area contributed by atoms with Crippen LogP contribution in [0.5, 0.6) is 0 Å². The molecule has 22 heavy (non-hydrogen) atoms. The van der Waals surface area contributed by atoms with E-state index in [2.05, 4.69) is 20.3 Å². The molecule has 6 nitrogen and oxygen atoms in total. The van der Waals surface area contributed by atoms with E-state index in [0.717, 1.165) is 28.8 Å². The van der Waals surface area contributed by atoms with Crippen molar-refractivity contribution in [1.82, 2.24) is 19.5 Å². The summed E-state index contributed by atoms with van der Waals surface area (Å²) in [5.74, 6) is 0.0295.